The molecule has 290 valence electrons. The third-order valence-electron chi connectivity index (χ3n) is 10.3. The van der Waals surface area contributed by atoms with Gasteiger partial charge in [0, 0.05) is 31.0 Å². The number of amides is 1. The van der Waals surface area contributed by atoms with Crippen LogP contribution in [-0.4, -0.2) is 68.8 Å². The van der Waals surface area contributed by atoms with E-state index in [1.165, 1.54) is 21.9 Å². The molecule has 1 aromatic carbocycles. The van der Waals surface area contributed by atoms with Crippen LogP contribution in [0.25, 0.3) is 11.0 Å². The van der Waals surface area contributed by atoms with Crippen LogP contribution in [0.5, 0.6) is 5.75 Å². The Bertz CT molecular complexity index is 1790. The average Bonchev–Trinajstić information content (AvgIpc) is 3.60. The summed E-state index contributed by atoms with van der Waals surface area (Å²) in [6.45, 7) is 18.7. The van der Waals surface area contributed by atoms with Crippen LogP contribution < -0.4 is 4.74 Å². The van der Waals surface area contributed by atoms with Gasteiger partial charge in [-0.05, 0) is 71.7 Å². The predicted octanol–water partition coefficient (Wildman–Crippen LogP) is 9.23. The standard InChI is InChI=1S/C35H48F6N4O6Si/c1-20-13-33(47,28-43-26(18-49-28)35(39,40)41)16-22(45(20)29(46)50-30(2,3)4)17-48-23-11-24(34(36,37)38)27-25(12-23)42-19-44(27)21-14-32(8,15-21)51-52(9,10)31(5,6)7/h11-12,18-22,47H,13-17H2,1-10H3/t20-,21?,22-,32?,33+/m0/s1. The summed E-state index contributed by atoms with van der Waals surface area (Å²) in [6.07, 6.45) is -8.28. The van der Waals surface area contributed by atoms with Crippen molar-refractivity contribution in [3.8, 4) is 5.75 Å². The number of carbonyl (C=O) groups is 1. The largest absolute Gasteiger partial charge is 0.491 e. The van der Waals surface area contributed by atoms with E-state index in [4.69, 9.17) is 18.3 Å². The lowest BCUT2D eigenvalue weighted by molar-refractivity contribution is -0.141. The van der Waals surface area contributed by atoms with Crippen LogP contribution in [0.4, 0.5) is 31.1 Å². The number of hydrogen-bond donors (Lipinski definition) is 1. The summed E-state index contributed by atoms with van der Waals surface area (Å²) in [5.41, 5.74) is -5.84. The maximum Gasteiger partial charge on any atom is 0.436 e. The number of carbonyl (C=O) groups excluding carboxylic acids is 1. The van der Waals surface area contributed by atoms with Gasteiger partial charge in [-0.25, -0.2) is 14.8 Å². The number of rotatable bonds is 7. The number of alkyl halides is 6. The summed E-state index contributed by atoms with van der Waals surface area (Å²) in [5, 5.41) is 11.5. The first kappa shape index (κ1) is 39.9. The average molecular weight is 763 g/mol. The number of nitrogens with zero attached hydrogens (tertiary/aromatic N) is 4. The van der Waals surface area contributed by atoms with Gasteiger partial charge < -0.3 is 28.0 Å². The van der Waals surface area contributed by atoms with Crippen molar-refractivity contribution in [1.82, 2.24) is 19.4 Å². The second-order valence-electron chi connectivity index (χ2n) is 17.0. The van der Waals surface area contributed by atoms with Crippen molar-refractivity contribution in [1.29, 1.82) is 0 Å². The van der Waals surface area contributed by atoms with Gasteiger partial charge >= 0.3 is 18.4 Å². The van der Waals surface area contributed by atoms with Crippen LogP contribution in [0.2, 0.25) is 18.1 Å². The number of halogens is 6. The molecule has 2 fully saturated rings. The molecule has 1 saturated carbocycles. The molecule has 10 nitrogen and oxygen atoms in total. The van der Waals surface area contributed by atoms with Crippen molar-refractivity contribution < 1.29 is 54.6 Å². The van der Waals surface area contributed by atoms with Crippen LogP contribution in [-0.2, 0) is 27.1 Å². The number of benzene rings is 1. The van der Waals surface area contributed by atoms with E-state index in [1.54, 1.807) is 27.7 Å². The molecule has 0 bridgehead atoms. The van der Waals surface area contributed by atoms with Gasteiger partial charge in [0.15, 0.2) is 14.0 Å². The van der Waals surface area contributed by atoms with E-state index >= 15 is 0 Å². The monoisotopic (exact) mass is 762 g/mol. The minimum atomic E-state index is -4.83. The molecule has 3 heterocycles. The van der Waals surface area contributed by atoms with Gasteiger partial charge in [0.05, 0.1) is 34.6 Å². The zero-order chi connectivity index (χ0) is 39.0. The Morgan fingerprint density at radius 2 is 1.65 bits per heavy atom. The van der Waals surface area contributed by atoms with E-state index in [1.807, 2.05) is 6.92 Å². The van der Waals surface area contributed by atoms with Crippen molar-refractivity contribution in [2.75, 3.05) is 6.61 Å². The Kier molecular flexibility index (Phi) is 9.91. The predicted molar refractivity (Wildman–Crippen MR) is 181 cm³/mol. The third kappa shape index (κ3) is 8.10. The molecule has 2 aromatic heterocycles. The zero-order valence-electron chi connectivity index (χ0n) is 31.1. The summed E-state index contributed by atoms with van der Waals surface area (Å²) >= 11 is 0. The van der Waals surface area contributed by atoms with Gasteiger partial charge in [-0.3, -0.25) is 4.90 Å². The molecule has 5 rings (SSSR count). The van der Waals surface area contributed by atoms with Gasteiger partial charge in [0.1, 0.15) is 29.8 Å². The topological polar surface area (TPSA) is 112 Å². The van der Waals surface area contributed by atoms with Crippen molar-refractivity contribution in [3.63, 3.8) is 0 Å². The van der Waals surface area contributed by atoms with Crippen LogP contribution >= 0.6 is 0 Å². The SMILES string of the molecule is C[C@H]1C[C@](O)(c2nc(C(F)(F)F)co2)C[C@@H](COc2cc(C(F)(F)F)c3c(c2)ncn3C2CC(C)(O[Si](C)(C)C(C)(C)C)C2)N1C(=O)OC(C)(C)C. The number of ether oxygens (including phenoxy) is 2. The molecule has 17 heteroatoms. The number of fused-ring (bicyclic) bond motifs is 1. The molecule has 3 aromatic rings. The number of hydrogen-bond acceptors (Lipinski definition) is 8. The first-order chi connectivity index (χ1) is 23.5. The van der Waals surface area contributed by atoms with Crippen LogP contribution in [0.3, 0.4) is 0 Å². The van der Waals surface area contributed by atoms with E-state index in [2.05, 4.69) is 43.8 Å². The number of oxazole rings is 1. The lowest BCUT2D eigenvalue weighted by atomic mass is 9.77. The minimum absolute atomic E-state index is 0.0345. The number of imidazole rings is 1. The van der Waals surface area contributed by atoms with E-state index in [-0.39, 0.29) is 34.3 Å². The van der Waals surface area contributed by atoms with Gasteiger partial charge in [-0.15, -0.1) is 0 Å². The quantitative estimate of drug-likeness (QED) is 0.187. The number of piperidine rings is 1. The summed E-state index contributed by atoms with van der Waals surface area (Å²) in [6, 6.07) is 0.0433. The molecule has 52 heavy (non-hydrogen) atoms. The van der Waals surface area contributed by atoms with Gasteiger partial charge in [-0.1, -0.05) is 20.8 Å². The normalized spacial score (nSPS) is 26.4. The summed E-state index contributed by atoms with van der Waals surface area (Å²) in [5.74, 6) is -0.806. The van der Waals surface area contributed by atoms with Crippen LogP contribution in [0, 0.1) is 0 Å². The second kappa shape index (κ2) is 12.9. The van der Waals surface area contributed by atoms with Crippen LogP contribution in [0.15, 0.2) is 29.1 Å². The fourth-order valence-corrected chi connectivity index (χ4v) is 8.70. The Hall–Kier alpha value is -3.31. The fourth-order valence-electron chi connectivity index (χ4n) is 6.99. The number of aliphatic hydroxyl groups is 1. The fraction of sp³-hybridized carbons (Fsp3) is 0.686. The lowest BCUT2D eigenvalue weighted by Gasteiger charge is -2.52. The Morgan fingerprint density at radius 1 is 1.02 bits per heavy atom. The van der Waals surface area contributed by atoms with E-state index in [0.717, 1.165) is 6.07 Å². The summed E-state index contributed by atoms with van der Waals surface area (Å²) in [7, 11) is -2.14. The molecule has 1 aliphatic heterocycles. The highest BCUT2D eigenvalue weighted by Crippen LogP contribution is 2.51. The summed E-state index contributed by atoms with van der Waals surface area (Å²) < 4.78 is 109. The summed E-state index contributed by atoms with van der Waals surface area (Å²) in [4.78, 5) is 22.4. The molecule has 0 spiro atoms. The van der Waals surface area contributed by atoms with E-state index in [9.17, 15) is 36.2 Å². The lowest BCUT2D eigenvalue weighted by Crippen LogP contribution is -2.58. The molecular formula is C35H48F6N4O6Si. The van der Waals surface area contributed by atoms with Gasteiger partial charge in [0.25, 0.3) is 0 Å². The smallest absolute Gasteiger partial charge is 0.436 e. The van der Waals surface area contributed by atoms with E-state index < -0.39 is 85.8 Å². The van der Waals surface area contributed by atoms with E-state index in [0.29, 0.717) is 19.1 Å². The van der Waals surface area contributed by atoms with Gasteiger partial charge in [0.2, 0.25) is 5.89 Å². The first-order valence-corrected chi connectivity index (χ1v) is 20.1. The molecule has 1 aliphatic carbocycles. The van der Waals surface area contributed by atoms with Gasteiger partial charge in [-0.2, -0.15) is 26.3 Å². The molecule has 1 amide bonds. The number of aromatic nitrogens is 3. The maximum absolute atomic E-state index is 14.7. The van der Waals surface area contributed by atoms with Crippen molar-refractivity contribution in [3.05, 3.63) is 41.9 Å². The molecule has 1 saturated heterocycles. The van der Waals surface area contributed by atoms with Crippen molar-refractivity contribution >= 4 is 25.4 Å². The molecule has 0 unspecified atom stereocenters. The highest BCUT2D eigenvalue weighted by Gasteiger charge is 2.52. The molecule has 0 radical (unpaired) electrons. The molecular weight excluding hydrogens is 714 g/mol. The first-order valence-electron chi connectivity index (χ1n) is 17.2. The highest BCUT2D eigenvalue weighted by molar-refractivity contribution is 6.74. The highest BCUT2D eigenvalue weighted by atomic mass is 28.4. The number of likely N-dealkylation sites (tertiary alicyclic amines) is 1. The Labute approximate surface area is 299 Å². The van der Waals surface area contributed by atoms with Crippen LogP contribution in [0.1, 0.15) is 104 Å². The second-order valence-corrected chi connectivity index (χ2v) is 21.8. The Balaban J connectivity index is 1.43. The maximum atomic E-state index is 14.7. The molecule has 2 aliphatic rings. The van der Waals surface area contributed by atoms with Crippen molar-refractivity contribution in [2.24, 2.45) is 0 Å². The Morgan fingerprint density at radius 3 is 2.19 bits per heavy atom. The zero-order valence-corrected chi connectivity index (χ0v) is 32.1. The molecule has 3 atom stereocenters. The molecule has 1 N–H and O–H groups in total. The minimum Gasteiger partial charge on any atom is -0.491 e. The van der Waals surface area contributed by atoms with Crippen molar-refractivity contribution in [2.45, 2.75) is 146 Å². The third-order valence-corrected chi connectivity index (χ3v) is 14.9.